The van der Waals surface area contributed by atoms with Gasteiger partial charge in [-0.1, -0.05) is 5.16 Å². The first kappa shape index (κ1) is 12.8. The molecule has 1 fully saturated rings. The summed E-state index contributed by atoms with van der Waals surface area (Å²) in [5.41, 5.74) is 3.54. The van der Waals surface area contributed by atoms with Gasteiger partial charge in [-0.05, 0) is 19.8 Å². The molecule has 0 bridgehead atoms. The van der Waals surface area contributed by atoms with E-state index in [1.54, 1.807) is 0 Å². The standard InChI is InChI=1S/C12H17N7O/c1-7-10(14-5-4-9-15-6-16-20-9)17-12(8-2-3-8)18-11(7)19-13/h6,8H,2-5,13H2,1H3,(H2,14,17,18,19). The fraction of sp³-hybridized carbons (Fsp3) is 0.500. The van der Waals surface area contributed by atoms with Crippen molar-refractivity contribution in [1.82, 2.24) is 20.1 Å². The van der Waals surface area contributed by atoms with Crippen LogP contribution in [0.25, 0.3) is 0 Å². The fourth-order valence-electron chi connectivity index (χ4n) is 1.96. The molecule has 0 aliphatic heterocycles. The average Bonchev–Trinajstić information content (AvgIpc) is 3.18. The zero-order chi connectivity index (χ0) is 13.9. The summed E-state index contributed by atoms with van der Waals surface area (Å²) >= 11 is 0. The SMILES string of the molecule is Cc1c(NN)nc(C2CC2)nc1NCCc1ncno1. The minimum Gasteiger partial charge on any atom is -0.369 e. The van der Waals surface area contributed by atoms with E-state index in [1.165, 1.54) is 6.33 Å². The van der Waals surface area contributed by atoms with Crippen molar-refractivity contribution < 1.29 is 4.52 Å². The first-order valence-corrected chi connectivity index (χ1v) is 6.62. The van der Waals surface area contributed by atoms with Crippen LogP contribution in [0.2, 0.25) is 0 Å². The molecule has 0 unspecified atom stereocenters. The monoisotopic (exact) mass is 275 g/mol. The molecule has 0 atom stereocenters. The molecule has 8 heteroatoms. The molecule has 3 rings (SSSR count). The quantitative estimate of drug-likeness (QED) is 0.528. The maximum Gasteiger partial charge on any atom is 0.228 e. The van der Waals surface area contributed by atoms with Gasteiger partial charge in [0, 0.05) is 24.4 Å². The Balaban J connectivity index is 1.72. The summed E-state index contributed by atoms with van der Waals surface area (Å²) in [4.78, 5) is 13.0. The van der Waals surface area contributed by atoms with Crippen LogP contribution in [-0.4, -0.2) is 26.7 Å². The summed E-state index contributed by atoms with van der Waals surface area (Å²) in [7, 11) is 0. The zero-order valence-electron chi connectivity index (χ0n) is 11.3. The lowest BCUT2D eigenvalue weighted by Gasteiger charge is -2.12. The minimum absolute atomic E-state index is 0.471. The third-order valence-corrected chi connectivity index (χ3v) is 3.28. The molecule has 106 valence electrons. The van der Waals surface area contributed by atoms with Gasteiger partial charge in [0.05, 0.1) is 0 Å². The number of hydrogen-bond acceptors (Lipinski definition) is 8. The number of aromatic nitrogens is 4. The number of nitrogens with zero attached hydrogens (tertiary/aromatic N) is 4. The molecule has 4 N–H and O–H groups in total. The smallest absolute Gasteiger partial charge is 0.228 e. The number of hydrogen-bond donors (Lipinski definition) is 3. The van der Waals surface area contributed by atoms with Crippen molar-refractivity contribution in [2.24, 2.45) is 5.84 Å². The molecule has 0 aromatic carbocycles. The van der Waals surface area contributed by atoms with Gasteiger partial charge in [-0.15, -0.1) is 0 Å². The highest BCUT2D eigenvalue weighted by Crippen LogP contribution is 2.39. The minimum atomic E-state index is 0.471. The fourth-order valence-corrected chi connectivity index (χ4v) is 1.96. The molecule has 1 saturated carbocycles. The Kier molecular flexibility index (Phi) is 3.46. The van der Waals surface area contributed by atoms with Crippen LogP contribution in [0.4, 0.5) is 11.6 Å². The Morgan fingerprint density at radius 3 is 2.80 bits per heavy atom. The summed E-state index contributed by atoms with van der Waals surface area (Å²) in [6, 6.07) is 0. The second-order valence-corrected chi connectivity index (χ2v) is 4.83. The van der Waals surface area contributed by atoms with Gasteiger partial charge in [0.15, 0.2) is 6.33 Å². The van der Waals surface area contributed by atoms with E-state index in [1.807, 2.05) is 6.92 Å². The molecule has 0 radical (unpaired) electrons. The molecule has 0 saturated heterocycles. The van der Waals surface area contributed by atoms with Crippen LogP contribution >= 0.6 is 0 Å². The van der Waals surface area contributed by atoms with Crippen molar-refractivity contribution in [3.05, 3.63) is 23.6 Å². The Hall–Kier alpha value is -2.22. The van der Waals surface area contributed by atoms with Gasteiger partial charge < -0.3 is 15.3 Å². The molecule has 8 nitrogen and oxygen atoms in total. The van der Waals surface area contributed by atoms with Crippen LogP contribution in [0.3, 0.4) is 0 Å². The number of nitrogens with one attached hydrogen (secondary N) is 2. The molecule has 1 aliphatic rings. The third-order valence-electron chi connectivity index (χ3n) is 3.28. The summed E-state index contributed by atoms with van der Waals surface area (Å²) in [5, 5.41) is 6.85. The normalized spacial score (nSPS) is 14.3. The van der Waals surface area contributed by atoms with Crippen LogP contribution in [0.15, 0.2) is 10.9 Å². The number of rotatable bonds is 6. The van der Waals surface area contributed by atoms with E-state index in [9.17, 15) is 0 Å². The lowest BCUT2D eigenvalue weighted by atomic mass is 10.2. The molecule has 0 spiro atoms. The first-order valence-electron chi connectivity index (χ1n) is 6.62. The van der Waals surface area contributed by atoms with Gasteiger partial charge in [0.25, 0.3) is 0 Å². The molecule has 2 aromatic rings. The number of nitrogen functional groups attached to an aromatic ring is 1. The van der Waals surface area contributed by atoms with Gasteiger partial charge in [0.1, 0.15) is 17.5 Å². The van der Waals surface area contributed by atoms with E-state index in [0.717, 1.165) is 30.0 Å². The van der Waals surface area contributed by atoms with E-state index in [2.05, 4.69) is 30.9 Å². The number of hydrazine groups is 1. The number of anilines is 2. The summed E-state index contributed by atoms with van der Waals surface area (Å²) in [6.07, 6.45) is 4.34. The van der Waals surface area contributed by atoms with Crippen molar-refractivity contribution in [1.29, 1.82) is 0 Å². The highest BCUT2D eigenvalue weighted by atomic mass is 16.5. The summed E-state index contributed by atoms with van der Waals surface area (Å²) in [6.45, 7) is 2.59. The van der Waals surface area contributed by atoms with Crippen molar-refractivity contribution in [3.8, 4) is 0 Å². The third kappa shape index (κ3) is 2.69. The van der Waals surface area contributed by atoms with Gasteiger partial charge in [0.2, 0.25) is 5.89 Å². The number of nitrogens with two attached hydrogens (primary N) is 1. The Bertz CT molecular complexity index is 580. The van der Waals surface area contributed by atoms with E-state index < -0.39 is 0 Å². The Morgan fingerprint density at radius 2 is 2.15 bits per heavy atom. The van der Waals surface area contributed by atoms with Gasteiger partial charge in [-0.2, -0.15) is 4.98 Å². The van der Waals surface area contributed by atoms with Crippen molar-refractivity contribution in [3.63, 3.8) is 0 Å². The second-order valence-electron chi connectivity index (χ2n) is 4.83. The molecular weight excluding hydrogens is 258 g/mol. The van der Waals surface area contributed by atoms with Crippen molar-refractivity contribution >= 4 is 11.6 Å². The predicted octanol–water partition coefficient (Wildman–Crippen LogP) is 0.986. The summed E-state index contributed by atoms with van der Waals surface area (Å²) < 4.78 is 4.95. The van der Waals surface area contributed by atoms with Gasteiger partial charge >= 0.3 is 0 Å². The largest absolute Gasteiger partial charge is 0.369 e. The maximum atomic E-state index is 5.51. The van der Waals surface area contributed by atoms with E-state index in [4.69, 9.17) is 10.4 Å². The molecule has 2 heterocycles. The van der Waals surface area contributed by atoms with Crippen LogP contribution in [0.1, 0.15) is 36.0 Å². The van der Waals surface area contributed by atoms with E-state index >= 15 is 0 Å². The molecule has 2 aromatic heterocycles. The van der Waals surface area contributed by atoms with E-state index in [-0.39, 0.29) is 0 Å². The zero-order valence-corrected chi connectivity index (χ0v) is 11.3. The predicted molar refractivity (Wildman–Crippen MR) is 73.0 cm³/mol. The Labute approximate surface area is 116 Å². The highest BCUT2D eigenvalue weighted by molar-refractivity contribution is 5.57. The van der Waals surface area contributed by atoms with Crippen LogP contribution in [0, 0.1) is 6.92 Å². The lowest BCUT2D eigenvalue weighted by Crippen LogP contribution is -2.15. The van der Waals surface area contributed by atoms with E-state index in [0.29, 0.717) is 30.6 Å². The first-order chi connectivity index (χ1) is 9.78. The second kappa shape index (κ2) is 5.41. The van der Waals surface area contributed by atoms with Gasteiger partial charge in [-0.3, -0.25) is 0 Å². The topological polar surface area (TPSA) is 115 Å². The maximum absolute atomic E-state index is 5.51. The molecule has 20 heavy (non-hydrogen) atoms. The molecule has 0 amide bonds. The molecular formula is C12H17N7O. The van der Waals surface area contributed by atoms with Gasteiger partial charge in [-0.25, -0.2) is 15.8 Å². The van der Waals surface area contributed by atoms with Crippen LogP contribution in [-0.2, 0) is 6.42 Å². The summed E-state index contributed by atoms with van der Waals surface area (Å²) in [5.74, 6) is 8.91. The highest BCUT2D eigenvalue weighted by Gasteiger charge is 2.28. The van der Waals surface area contributed by atoms with Crippen LogP contribution in [0.5, 0.6) is 0 Å². The van der Waals surface area contributed by atoms with Crippen LogP contribution < -0.4 is 16.6 Å². The Morgan fingerprint density at radius 1 is 1.35 bits per heavy atom. The lowest BCUT2D eigenvalue weighted by molar-refractivity contribution is 0.379. The average molecular weight is 275 g/mol. The van der Waals surface area contributed by atoms with Crippen molar-refractivity contribution in [2.75, 3.05) is 17.3 Å². The van der Waals surface area contributed by atoms with Crippen molar-refractivity contribution in [2.45, 2.75) is 32.1 Å². The molecule has 1 aliphatic carbocycles.